The zero-order valence-corrected chi connectivity index (χ0v) is 13.9. The van der Waals surface area contributed by atoms with Gasteiger partial charge >= 0.3 is 0 Å². The predicted octanol–water partition coefficient (Wildman–Crippen LogP) is 1.70. The van der Waals surface area contributed by atoms with Crippen molar-refractivity contribution in [3.63, 3.8) is 0 Å². The van der Waals surface area contributed by atoms with Crippen LogP contribution in [0.4, 0.5) is 0 Å². The van der Waals surface area contributed by atoms with E-state index >= 15 is 0 Å². The number of nitrogens with one attached hydrogen (secondary N) is 1. The van der Waals surface area contributed by atoms with Gasteiger partial charge in [-0.15, -0.1) is 0 Å². The minimum atomic E-state index is -0.179. The highest BCUT2D eigenvalue weighted by Gasteiger charge is 2.22. The van der Waals surface area contributed by atoms with Crippen LogP contribution < -0.4 is 5.32 Å². The summed E-state index contributed by atoms with van der Waals surface area (Å²) in [6.07, 6.45) is 9.66. The first-order valence-electron chi connectivity index (χ1n) is 8.54. The molecule has 2 aromatic heterocycles. The molecule has 128 valence electrons. The fourth-order valence-corrected chi connectivity index (χ4v) is 3.02. The summed E-state index contributed by atoms with van der Waals surface area (Å²) < 4.78 is 1.84. The molecule has 2 amide bonds. The average molecular weight is 329 g/mol. The summed E-state index contributed by atoms with van der Waals surface area (Å²) in [7, 11) is 0. The second-order valence-corrected chi connectivity index (χ2v) is 6.15. The van der Waals surface area contributed by atoms with Crippen molar-refractivity contribution in [3.05, 3.63) is 30.4 Å². The second kappa shape index (κ2) is 7.42. The van der Waals surface area contributed by atoms with Crippen molar-refractivity contribution in [3.8, 4) is 0 Å². The Balaban J connectivity index is 1.65. The summed E-state index contributed by atoms with van der Waals surface area (Å²) in [4.78, 5) is 34.7. The maximum Gasteiger partial charge on any atom is 0.240 e. The molecule has 1 aliphatic heterocycles. The topological polar surface area (TPSA) is 79.6 Å². The Morgan fingerprint density at radius 3 is 3.04 bits per heavy atom. The van der Waals surface area contributed by atoms with E-state index in [1.165, 1.54) is 0 Å². The molecular weight excluding hydrogens is 306 g/mol. The van der Waals surface area contributed by atoms with Crippen LogP contribution in [0.15, 0.2) is 24.7 Å². The lowest BCUT2D eigenvalue weighted by Gasteiger charge is -2.22. The van der Waals surface area contributed by atoms with Crippen LogP contribution in [0.3, 0.4) is 0 Å². The molecule has 0 bridgehead atoms. The Morgan fingerprint density at radius 1 is 1.38 bits per heavy atom. The molecule has 1 aliphatic rings. The van der Waals surface area contributed by atoms with Crippen LogP contribution in [-0.4, -0.2) is 44.2 Å². The molecule has 1 atom stereocenters. The zero-order chi connectivity index (χ0) is 16.9. The van der Waals surface area contributed by atoms with Crippen LogP contribution in [0.2, 0.25) is 0 Å². The van der Waals surface area contributed by atoms with Crippen LogP contribution in [0, 0.1) is 0 Å². The first-order valence-corrected chi connectivity index (χ1v) is 8.54. The van der Waals surface area contributed by atoms with Crippen LogP contribution in [0.25, 0.3) is 5.78 Å². The van der Waals surface area contributed by atoms with E-state index in [9.17, 15) is 9.59 Å². The molecule has 0 unspecified atom stereocenters. The lowest BCUT2D eigenvalue weighted by atomic mass is 10.1. The van der Waals surface area contributed by atoms with Crippen molar-refractivity contribution in [2.45, 2.75) is 45.1 Å². The molecule has 0 radical (unpaired) electrons. The summed E-state index contributed by atoms with van der Waals surface area (Å²) in [5.74, 6) is 0.553. The lowest BCUT2D eigenvalue weighted by Crippen LogP contribution is -2.41. The van der Waals surface area contributed by atoms with Gasteiger partial charge in [0.1, 0.15) is 0 Å². The minimum Gasteiger partial charge on any atom is -0.346 e. The highest BCUT2D eigenvalue weighted by atomic mass is 16.2. The number of carbonyl (C=O) groups is 2. The first-order chi connectivity index (χ1) is 11.7. The molecule has 1 fully saturated rings. The normalized spacial score (nSPS) is 16.9. The van der Waals surface area contributed by atoms with Crippen LogP contribution in [-0.2, 0) is 9.59 Å². The largest absolute Gasteiger partial charge is 0.346 e. The number of hydrogen-bond donors (Lipinski definition) is 1. The monoisotopic (exact) mass is 329 g/mol. The molecule has 7 heteroatoms. The van der Waals surface area contributed by atoms with Gasteiger partial charge < -0.3 is 10.2 Å². The van der Waals surface area contributed by atoms with Gasteiger partial charge in [-0.3, -0.25) is 14.0 Å². The molecule has 2 aromatic rings. The SMILES string of the molecule is CC[C@H](NC(=O)CN1CCCCCC1=O)c1cn2cccnc2n1. The van der Waals surface area contributed by atoms with Crippen LogP contribution in [0.5, 0.6) is 0 Å². The third kappa shape index (κ3) is 3.72. The van der Waals surface area contributed by atoms with Crippen LogP contribution >= 0.6 is 0 Å². The number of nitrogens with zero attached hydrogens (tertiary/aromatic N) is 4. The zero-order valence-electron chi connectivity index (χ0n) is 13.9. The number of likely N-dealkylation sites (tertiary alicyclic amines) is 1. The number of amides is 2. The first kappa shape index (κ1) is 16.4. The summed E-state index contributed by atoms with van der Waals surface area (Å²) in [5.41, 5.74) is 0.784. The number of hydrogen-bond acceptors (Lipinski definition) is 4. The maximum atomic E-state index is 12.4. The van der Waals surface area contributed by atoms with Crippen molar-refractivity contribution in [2.24, 2.45) is 0 Å². The van der Waals surface area contributed by atoms with Crippen molar-refractivity contribution >= 4 is 17.6 Å². The Hall–Kier alpha value is -2.44. The molecule has 0 spiro atoms. The fourth-order valence-electron chi connectivity index (χ4n) is 3.02. The Labute approximate surface area is 141 Å². The maximum absolute atomic E-state index is 12.4. The highest BCUT2D eigenvalue weighted by molar-refractivity contribution is 5.85. The van der Waals surface area contributed by atoms with Crippen molar-refractivity contribution in [1.82, 2.24) is 24.6 Å². The van der Waals surface area contributed by atoms with Gasteiger partial charge in [0.2, 0.25) is 17.6 Å². The van der Waals surface area contributed by atoms with E-state index in [2.05, 4.69) is 15.3 Å². The van der Waals surface area contributed by atoms with E-state index in [1.807, 2.05) is 29.8 Å². The number of fused-ring (bicyclic) bond motifs is 1. The Morgan fingerprint density at radius 2 is 2.25 bits per heavy atom. The van der Waals surface area contributed by atoms with Crippen LogP contribution in [0.1, 0.15) is 50.8 Å². The predicted molar refractivity (Wildman–Crippen MR) is 89.2 cm³/mol. The van der Waals surface area contributed by atoms with Gasteiger partial charge in [0.15, 0.2) is 0 Å². The van der Waals surface area contributed by atoms with Crippen molar-refractivity contribution in [1.29, 1.82) is 0 Å². The molecule has 1 N–H and O–H groups in total. The number of carbonyl (C=O) groups excluding carboxylic acids is 2. The van der Waals surface area contributed by atoms with Gasteiger partial charge in [0.25, 0.3) is 0 Å². The highest BCUT2D eigenvalue weighted by Crippen LogP contribution is 2.16. The summed E-state index contributed by atoms with van der Waals surface area (Å²) >= 11 is 0. The van der Waals surface area contributed by atoms with Gasteiger partial charge in [-0.2, -0.15) is 0 Å². The van der Waals surface area contributed by atoms with Gasteiger partial charge in [-0.05, 0) is 25.3 Å². The molecule has 7 nitrogen and oxygen atoms in total. The van der Waals surface area contributed by atoms with E-state index in [-0.39, 0.29) is 24.4 Å². The van der Waals surface area contributed by atoms with Crippen molar-refractivity contribution < 1.29 is 9.59 Å². The van der Waals surface area contributed by atoms with Gasteiger partial charge in [-0.1, -0.05) is 13.3 Å². The van der Waals surface area contributed by atoms with E-state index in [4.69, 9.17) is 0 Å². The number of aromatic nitrogens is 3. The number of rotatable bonds is 5. The lowest BCUT2D eigenvalue weighted by molar-refractivity contribution is -0.135. The molecule has 3 rings (SSSR count). The summed E-state index contributed by atoms with van der Waals surface area (Å²) in [6.45, 7) is 2.79. The van der Waals surface area contributed by atoms with Crippen molar-refractivity contribution in [2.75, 3.05) is 13.1 Å². The molecular formula is C17H23N5O2. The number of imidazole rings is 1. The Bertz CT molecular complexity index is 694. The van der Waals surface area contributed by atoms with Gasteiger partial charge in [0.05, 0.1) is 18.3 Å². The summed E-state index contributed by atoms with van der Waals surface area (Å²) in [5, 5.41) is 3.00. The standard InChI is InChI=1S/C17H23N5O2/c1-2-13(14-11-22-10-6-8-18-17(22)20-14)19-15(23)12-21-9-5-3-4-7-16(21)24/h6,8,10-11,13H,2-5,7,9,12H2,1H3,(H,19,23)/t13-/m0/s1. The smallest absolute Gasteiger partial charge is 0.240 e. The Kier molecular flexibility index (Phi) is 5.08. The molecule has 24 heavy (non-hydrogen) atoms. The summed E-state index contributed by atoms with van der Waals surface area (Å²) in [6, 6.07) is 1.66. The second-order valence-electron chi connectivity index (χ2n) is 6.15. The third-order valence-electron chi connectivity index (χ3n) is 4.36. The minimum absolute atomic E-state index is 0.0765. The van der Waals surface area contributed by atoms with E-state index in [0.717, 1.165) is 31.4 Å². The fraction of sp³-hybridized carbons (Fsp3) is 0.529. The molecule has 0 aromatic carbocycles. The molecule has 3 heterocycles. The van der Waals surface area contributed by atoms with E-state index < -0.39 is 0 Å². The quantitative estimate of drug-likeness (QED) is 0.905. The van der Waals surface area contributed by atoms with Gasteiger partial charge in [0, 0.05) is 31.6 Å². The molecule has 0 aliphatic carbocycles. The third-order valence-corrected chi connectivity index (χ3v) is 4.36. The molecule has 1 saturated heterocycles. The van der Waals surface area contributed by atoms with Gasteiger partial charge in [-0.25, -0.2) is 9.97 Å². The van der Waals surface area contributed by atoms with E-state index in [1.54, 1.807) is 11.1 Å². The van der Waals surface area contributed by atoms with E-state index in [0.29, 0.717) is 18.7 Å². The molecule has 0 saturated carbocycles. The average Bonchev–Trinajstić information content (AvgIpc) is 2.92.